The van der Waals surface area contributed by atoms with Gasteiger partial charge in [0, 0.05) is 6.42 Å². The standard InChI is InChI=1S/C22H32O5/c1-2-3-7-12-19(23)14-10-6-11-15-20(24)13-8-4-5-9-16-21(25)17-18-22(26)27/h3-11,13-14,16,19-21,23-25H,2,12,15,17-18H2,1H3,(H,26,27)/b5-4-,7-3-,11-6-,13-8+,14-10+,16-9+/t19?,20?,21-/m1/s1. The molecule has 27 heavy (non-hydrogen) atoms. The molecule has 0 amide bonds. The maximum absolute atomic E-state index is 10.4. The number of aliphatic hydroxyl groups is 3. The lowest BCUT2D eigenvalue weighted by Gasteiger charge is -2.00. The molecule has 5 nitrogen and oxygen atoms in total. The topological polar surface area (TPSA) is 98.0 Å². The molecule has 5 heteroatoms. The van der Waals surface area contributed by atoms with E-state index in [1.165, 1.54) is 6.08 Å². The maximum atomic E-state index is 10.4. The van der Waals surface area contributed by atoms with Gasteiger partial charge in [-0.2, -0.15) is 0 Å². The van der Waals surface area contributed by atoms with Crippen LogP contribution >= 0.6 is 0 Å². The largest absolute Gasteiger partial charge is 0.481 e. The van der Waals surface area contributed by atoms with Crippen LogP contribution in [0.5, 0.6) is 0 Å². The number of carbonyl (C=O) groups is 1. The van der Waals surface area contributed by atoms with Crippen LogP contribution in [0, 0.1) is 0 Å². The smallest absolute Gasteiger partial charge is 0.303 e. The van der Waals surface area contributed by atoms with E-state index in [-0.39, 0.29) is 12.8 Å². The van der Waals surface area contributed by atoms with E-state index < -0.39 is 24.3 Å². The summed E-state index contributed by atoms with van der Waals surface area (Å²) in [6.07, 6.45) is 21.2. The third-order valence-corrected chi connectivity index (χ3v) is 3.39. The fourth-order valence-corrected chi connectivity index (χ4v) is 1.93. The predicted octanol–water partition coefficient (Wildman–Crippen LogP) is 3.46. The van der Waals surface area contributed by atoms with Crippen LogP contribution < -0.4 is 0 Å². The number of aliphatic hydroxyl groups excluding tert-OH is 3. The highest BCUT2D eigenvalue weighted by molar-refractivity contribution is 5.66. The van der Waals surface area contributed by atoms with Crippen molar-refractivity contribution in [2.24, 2.45) is 0 Å². The summed E-state index contributed by atoms with van der Waals surface area (Å²) in [5.74, 6) is -0.931. The fourth-order valence-electron chi connectivity index (χ4n) is 1.93. The van der Waals surface area contributed by atoms with Crippen LogP contribution in [0.2, 0.25) is 0 Å². The average molecular weight is 376 g/mol. The second kappa shape index (κ2) is 17.2. The van der Waals surface area contributed by atoms with Crippen molar-refractivity contribution in [2.75, 3.05) is 0 Å². The Morgan fingerprint density at radius 2 is 1.26 bits per heavy atom. The van der Waals surface area contributed by atoms with E-state index in [0.29, 0.717) is 12.8 Å². The first-order valence-electron chi connectivity index (χ1n) is 9.21. The van der Waals surface area contributed by atoms with Crippen molar-refractivity contribution in [3.05, 3.63) is 72.9 Å². The SMILES string of the molecule is CC/C=C\CC(O)/C=C/C=C\CC(O)/C=C/C=C\C=C\[C@@H](O)CCC(=O)O. The Hall–Kier alpha value is -2.21. The molecular formula is C22H32O5. The summed E-state index contributed by atoms with van der Waals surface area (Å²) >= 11 is 0. The first-order valence-corrected chi connectivity index (χ1v) is 9.21. The predicted molar refractivity (Wildman–Crippen MR) is 109 cm³/mol. The number of aliphatic carboxylic acids is 1. The summed E-state index contributed by atoms with van der Waals surface area (Å²) in [6, 6.07) is 0. The van der Waals surface area contributed by atoms with E-state index in [0.717, 1.165) is 6.42 Å². The summed E-state index contributed by atoms with van der Waals surface area (Å²) in [6.45, 7) is 2.04. The van der Waals surface area contributed by atoms with Crippen LogP contribution in [0.3, 0.4) is 0 Å². The molecule has 4 N–H and O–H groups in total. The molecule has 0 aromatic heterocycles. The van der Waals surface area contributed by atoms with Crippen LogP contribution in [0.25, 0.3) is 0 Å². The Labute approximate surface area is 162 Å². The van der Waals surface area contributed by atoms with E-state index in [9.17, 15) is 20.1 Å². The van der Waals surface area contributed by atoms with Crippen LogP contribution in [0.4, 0.5) is 0 Å². The molecule has 0 aromatic rings. The second-order valence-corrected chi connectivity index (χ2v) is 5.95. The third-order valence-electron chi connectivity index (χ3n) is 3.39. The monoisotopic (exact) mass is 376 g/mol. The van der Waals surface area contributed by atoms with Gasteiger partial charge >= 0.3 is 5.97 Å². The zero-order valence-corrected chi connectivity index (χ0v) is 15.9. The van der Waals surface area contributed by atoms with Crippen LogP contribution in [-0.2, 0) is 4.79 Å². The van der Waals surface area contributed by atoms with Gasteiger partial charge in [-0.15, -0.1) is 0 Å². The number of allylic oxidation sites excluding steroid dienone is 7. The number of carboxylic acids is 1. The Bertz CT molecular complexity index is 555. The van der Waals surface area contributed by atoms with Gasteiger partial charge in [0.25, 0.3) is 0 Å². The zero-order valence-electron chi connectivity index (χ0n) is 15.9. The molecular weight excluding hydrogens is 344 g/mol. The minimum absolute atomic E-state index is 0.0705. The lowest BCUT2D eigenvalue weighted by Crippen LogP contribution is -2.05. The minimum atomic E-state index is -0.931. The average Bonchev–Trinajstić information content (AvgIpc) is 2.62. The van der Waals surface area contributed by atoms with Gasteiger partial charge in [0.1, 0.15) is 0 Å². The molecule has 2 unspecified atom stereocenters. The van der Waals surface area contributed by atoms with Crippen LogP contribution in [0.15, 0.2) is 72.9 Å². The highest BCUT2D eigenvalue weighted by Gasteiger charge is 2.02. The Kier molecular flexibility index (Phi) is 15.8. The van der Waals surface area contributed by atoms with Gasteiger partial charge in [0.05, 0.1) is 18.3 Å². The summed E-state index contributed by atoms with van der Waals surface area (Å²) in [5.41, 5.74) is 0. The van der Waals surface area contributed by atoms with Gasteiger partial charge in [0.2, 0.25) is 0 Å². The van der Waals surface area contributed by atoms with E-state index in [1.807, 2.05) is 25.2 Å². The molecule has 0 aliphatic carbocycles. The van der Waals surface area contributed by atoms with Crippen molar-refractivity contribution >= 4 is 5.97 Å². The van der Waals surface area contributed by atoms with Crippen LogP contribution in [0.1, 0.15) is 39.0 Å². The molecule has 0 spiro atoms. The normalized spacial score (nSPS) is 16.6. The Morgan fingerprint density at radius 3 is 1.81 bits per heavy atom. The lowest BCUT2D eigenvalue weighted by molar-refractivity contribution is -0.137. The van der Waals surface area contributed by atoms with Crippen molar-refractivity contribution in [1.29, 1.82) is 0 Å². The Balaban J connectivity index is 4.01. The molecule has 0 heterocycles. The van der Waals surface area contributed by atoms with Gasteiger partial charge in [-0.1, -0.05) is 79.8 Å². The van der Waals surface area contributed by atoms with E-state index in [4.69, 9.17) is 5.11 Å². The quantitative estimate of drug-likeness (QED) is 0.275. The second-order valence-electron chi connectivity index (χ2n) is 5.95. The van der Waals surface area contributed by atoms with Gasteiger partial charge in [-0.3, -0.25) is 4.79 Å². The van der Waals surface area contributed by atoms with Gasteiger partial charge in [-0.05, 0) is 25.7 Å². The maximum Gasteiger partial charge on any atom is 0.303 e. The molecule has 150 valence electrons. The lowest BCUT2D eigenvalue weighted by atomic mass is 10.2. The van der Waals surface area contributed by atoms with Gasteiger partial charge < -0.3 is 20.4 Å². The number of hydrogen-bond donors (Lipinski definition) is 4. The summed E-state index contributed by atoms with van der Waals surface area (Å²) < 4.78 is 0. The summed E-state index contributed by atoms with van der Waals surface area (Å²) in [4.78, 5) is 10.4. The molecule has 0 bridgehead atoms. The summed E-state index contributed by atoms with van der Waals surface area (Å²) in [5, 5.41) is 37.5. The van der Waals surface area contributed by atoms with Crippen molar-refractivity contribution in [1.82, 2.24) is 0 Å². The van der Waals surface area contributed by atoms with Gasteiger partial charge in [-0.25, -0.2) is 0 Å². The molecule has 0 saturated carbocycles. The Morgan fingerprint density at radius 1 is 0.741 bits per heavy atom. The first kappa shape index (κ1) is 24.8. The molecule has 0 aromatic carbocycles. The molecule has 0 saturated heterocycles. The number of hydrogen-bond acceptors (Lipinski definition) is 4. The van der Waals surface area contributed by atoms with Crippen molar-refractivity contribution in [3.63, 3.8) is 0 Å². The molecule has 0 aliphatic rings. The zero-order chi connectivity index (χ0) is 20.3. The molecule has 0 rings (SSSR count). The van der Waals surface area contributed by atoms with Crippen molar-refractivity contribution < 1.29 is 25.2 Å². The minimum Gasteiger partial charge on any atom is -0.481 e. The molecule has 3 atom stereocenters. The van der Waals surface area contributed by atoms with Gasteiger partial charge in [0.15, 0.2) is 0 Å². The first-order chi connectivity index (χ1) is 13.0. The van der Waals surface area contributed by atoms with E-state index >= 15 is 0 Å². The van der Waals surface area contributed by atoms with Crippen molar-refractivity contribution in [3.8, 4) is 0 Å². The van der Waals surface area contributed by atoms with Crippen LogP contribution in [-0.4, -0.2) is 44.7 Å². The van der Waals surface area contributed by atoms with Crippen molar-refractivity contribution in [2.45, 2.75) is 57.3 Å². The number of rotatable bonds is 14. The highest BCUT2D eigenvalue weighted by Crippen LogP contribution is 2.00. The molecule has 0 fully saturated rings. The van der Waals surface area contributed by atoms with E-state index in [1.54, 1.807) is 48.6 Å². The van der Waals surface area contributed by atoms with E-state index in [2.05, 4.69) is 0 Å². The highest BCUT2D eigenvalue weighted by atomic mass is 16.4. The fraction of sp³-hybridized carbons (Fsp3) is 0.409. The third kappa shape index (κ3) is 18.4. The molecule has 0 radical (unpaired) electrons. The molecule has 0 aliphatic heterocycles. The number of carboxylic acid groups (broad SMARTS) is 1. The summed E-state index contributed by atoms with van der Waals surface area (Å²) in [7, 11) is 0.